The van der Waals surface area contributed by atoms with Gasteiger partial charge in [-0.05, 0) is 26.1 Å². The summed E-state index contributed by atoms with van der Waals surface area (Å²) in [4.78, 5) is 13.5. The van der Waals surface area contributed by atoms with Gasteiger partial charge < -0.3 is 29.4 Å². The zero-order valence-electron chi connectivity index (χ0n) is 24.8. The highest BCUT2D eigenvalue weighted by Crippen LogP contribution is 2.47. The first-order chi connectivity index (χ1) is 17.4. The molecule has 0 aliphatic carbocycles. The lowest BCUT2D eigenvalue weighted by molar-refractivity contribution is 1.08. The molecule has 3 aromatic rings. The second kappa shape index (κ2) is 11.5. The van der Waals surface area contributed by atoms with Crippen molar-refractivity contribution in [3.63, 3.8) is 0 Å². The van der Waals surface area contributed by atoms with Crippen molar-refractivity contribution in [2.24, 2.45) is 0 Å². The lowest BCUT2D eigenvalue weighted by Crippen LogP contribution is -2.33. The van der Waals surface area contributed by atoms with Crippen molar-refractivity contribution < 1.29 is 0 Å². The lowest BCUT2D eigenvalue weighted by Gasteiger charge is -2.35. The molecule has 0 atom stereocenters. The predicted molar refractivity (Wildman–Crippen MR) is 171 cm³/mol. The zero-order valence-corrected chi connectivity index (χ0v) is 25.7. The average molecular weight is 521 g/mol. The van der Waals surface area contributed by atoms with Gasteiger partial charge in [-0.3, -0.25) is 0 Å². The lowest BCUT2D eigenvalue weighted by atomic mass is 10.2. The number of benzene rings is 3. The molecule has 0 N–H and O–H groups in total. The molecular formula is C30H45N6P. The Kier molecular flexibility index (Phi) is 8.86. The molecule has 0 unspecified atom stereocenters. The Morgan fingerprint density at radius 2 is 0.595 bits per heavy atom. The van der Waals surface area contributed by atoms with Crippen LogP contribution in [0.5, 0.6) is 0 Å². The van der Waals surface area contributed by atoms with Crippen molar-refractivity contribution in [1.82, 2.24) is 0 Å². The van der Waals surface area contributed by atoms with Crippen molar-refractivity contribution in [2.75, 3.05) is 114 Å². The molecule has 0 aliphatic heterocycles. The molecule has 3 aromatic carbocycles. The summed E-state index contributed by atoms with van der Waals surface area (Å²) < 4.78 is 0. The van der Waals surface area contributed by atoms with Crippen LogP contribution in [-0.2, 0) is 0 Å². The third kappa shape index (κ3) is 5.60. The molecule has 3 rings (SSSR count). The fourth-order valence-electron chi connectivity index (χ4n) is 4.95. The summed E-state index contributed by atoms with van der Waals surface area (Å²) in [6.07, 6.45) is 0. The molecule has 0 aliphatic rings. The predicted octanol–water partition coefficient (Wildman–Crippen LogP) is 3.84. The molecule has 0 spiro atoms. The topological polar surface area (TPSA) is 19.4 Å². The summed E-state index contributed by atoms with van der Waals surface area (Å²) in [6.45, 7) is 0. The van der Waals surface area contributed by atoms with E-state index in [2.05, 4.69) is 169 Å². The van der Waals surface area contributed by atoms with E-state index in [0.29, 0.717) is 0 Å². The number of hydrogen-bond donors (Lipinski definition) is 0. The second-order valence-electron chi connectivity index (χ2n) is 10.6. The van der Waals surface area contributed by atoms with Crippen LogP contribution in [0.3, 0.4) is 0 Å². The van der Waals surface area contributed by atoms with Crippen LogP contribution in [0.4, 0.5) is 34.1 Å². The highest BCUT2D eigenvalue weighted by Gasteiger charge is 2.30. The number of para-hydroxylation sites is 3. The van der Waals surface area contributed by atoms with E-state index < -0.39 is 7.92 Å². The van der Waals surface area contributed by atoms with Gasteiger partial charge in [0.15, 0.2) is 0 Å². The molecule has 0 aromatic heterocycles. The zero-order chi connectivity index (χ0) is 27.6. The minimum Gasteiger partial charge on any atom is -0.376 e. The Balaban J connectivity index is 2.57. The van der Waals surface area contributed by atoms with Gasteiger partial charge in [-0.2, -0.15) is 0 Å². The molecule has 0 bridgehead atoms. The molecule has 0 radical (unpaired) electrons. The van der Waals surface area contributed by atoms with Gasteiger partial charge >= 0.3 is 0 Å². The van der Waals surface area contributed by atoms with Crippen LogP contribution < -0.4 is 45.3 Å². The normalized spacial score (nSPS) is 10.9. The SMILES string of the molecule is CN(C)c1cccc(P(c2cccc(N(C)C)c2N(C)C)c2cccc(N(C)C)c2N(C)C)c1N(C)C. The van der Waals surface area contributed by atoms with Gasteiger partial charge in [0.1, 0.15) is 0 Å². The van der Waals surface area contributed by atoms with E-state index >= 15 is 0 Å². The standard InChI is InChI=1S/C30H45N6P/c1-31(2)22-16-13-19-25(28(22)34(7)8)37(26-20-14-17-23(32(3)4)29(26)35(9)10)27-21-15-18-24(33(5)6)30(27)36(11)12/h13-21H,1-12H3. The van der Waals surface area contributed by atoms with E-state index in [4.69, 9.17) is 0 Å². The molecule has 0 heterocycles. The van der Waals surface area contributed by atoms with Crippen LogP contribution in [0.25, 0.3) is 0 Å². The van der Waals surface area contributed by atoms with Gasteiger partial charge in [0.25, 0.3) is 0 Å². The molecule has 0 saturated heterocycles. The first kappa shape index (κ1) is 28.5. The largest absolute Gasteiger partial charge is 0.376 e. The van der Waals surface area contributed by atoms with Crippen molar-refractivity contribution >= 4 is 58.0 Å². The summed E-state index contributed by atoms with van der Waals surface area (Å²) in [5.41, 5.74) is 7.46. The van der Waals surface area contributed by atoms with Crippen LogP contribution in [0.1, 0.15) is 0 Å². The number of hydrogen-bond acceptors (Lipinski definition) is 6. The highest BCUT2D eigenvalue weighted by atomic mass is 31.1. The molecular weight excluding hydrogens is 475 g/mol. The molecule has 0 fully saturated rings. The van der Waals surface area contributed by atoms with Gasteiger partial charge in [0.05, 0.1) is 34.1 Å². The average Bonchev–Trinajstić information content (AvgIpc) is 2.83. The number of nitrogens with zero attached hydrogens (tertiary/aromatic N) is 6. The Morgan fingerprint density at radius 1 is 0.351 bits per heavy atom. The van der Waals surface area contributed by atoms with E-state index in [-0.39, 0.29) is 0 Å². The smallest absolute Gasteiger partial charge is 0.0683 e. The maximum absolute atomic E-state index is 2.33. The second-order valence-corrected chi connectivity index (χ2v) is 12.8. The first-order valence-corrected chi connectivity index (χ1v) is 14.0. The van der Waals surface area contributed by atoms with Crippen molar-refractivity contribution in [3.05, 3.63) is 54.6 Å². The van der Waals surface area contributed by atoms with Crippen LogP contribution in [0.2, 0.25) is 0 Å². The van der Waals surface area contributed by atoms with Crippen LogP contribution in [0.15, 0.2) is 54.6 Å². The molecule has 6 nitrogen and oxygen atoms in total. The summed E-state index contributed by atoms with van der Waals surface area (Å²) >= 11 is 0. The van der Waals surface area contributed by atoms with Crippen LogP contribution in [0, 0.1) is 0 Å². The highest BCUT2D eigenvalue weighted by molar-refractivity contribution is 7.80. The fourth-order valence-corrected chi connectivity index (χ4v) is 8.01. The molecule has 0 amide bonds. The van der Waals surface area contributed by atoms with Gasteiger partial charge in [0.2, 0.25) is 0 Å². The quantitative estimate of drug-likeness (QED) is 0.397. The third-order valence-electron chi connectivity index (χ3n) is 6.49. The molecule has 7 heteroatoms. The minimum atomic E-state index is -0.934. The summed E-state index contributed by atoms with van der Waals surface area (Å²) in [5.74, 6) is 0. The van der Waals surface area contributed by atoms with E-state index in [1.54, 1.807) is 0 Å². The van der Waals surface area contributed by atoms with Gasteiger partial charge in [-0.1, -0.05) is 36.4 Å². The van der Waals surface area contributed by atoms with E-state index in [1.807, 2.05) is 0 Å². The maximum Gasteiger partial charge on any atom is 0.0683 e. The van der Waals surface area contributed by atoms with Crippen molar-refractivity contribution in [3.8, 4) is 0 Å². The van der Waals surface area contributed by atoms with Gasteiger partial charge in [0, 0.05) is 100 Å². The molecule has 0 saturated carbocycles. The minimum absolute atomic E-state index is 0.934. The molecule has 200 valence electrons. The Labute approximate surface area is 226 Å². The van der Waals surface area contributed by atoms with E-state index in [1.165, 1.54) is 50.0 Å². The van der Waals surface area contributed by atoms with Crippen LogP contribution in [-0.4, -0.2) is 84.6 Å². The Bertz CT molecular complexity index is 1070. The first-order valence-electron chi connectivity index (χ1n) is 12.6. The maximum atomic E-state index is 2.33. The monoisotopic (exact) mass is 520 g/mol. The van der Waals surface area contributed by atoms with Crippen LogP contribution >= 0.6 is 7.92 Å². The van der Waals surface area contributed by atoms with Gasteiger partial charge in [-0.25, -0.2) is 0 Å². The fraction of sp³-hybridized carbons (Fsp3) is 0.400. The Hall–Kier alpha value is -3.11. The number of rotatable bonds is 9. The third-order valence-corrected chi connectivity index (χ3v) is 9.02. The van der Waals surface area contributed by atoms with Crippen molar-refractivity contribution in [2.45, 2.75) is 0 Å². The summed E-state index contributed by atoms with van der Waals surface area (Å²) in [5, 5.41) is 4.05. The van der Waals surface area contributed by atoms with E-state index in [9.17, 15) is 0 Å². The molecule has 37 heavy (non-hydrogen) atoms. The van der Waals surface area contributed by atoms with E-state index in [0.717, 1.165) is 0 Å². The number of anilines is 6. The summed E-state index contributed by atoms with van der Waals surface area (Å²) in [6, 6.07) is 20.3. The summed E-state index contributed by atoms with van der Waals surface area (Å²) in [7, 11) is 24.8. The Morgan fingerprint density at radius 3 is 0.784 bits per heavy atom. The van der Waals surface area contributed by atoms with Crippen molar-refractivity contribution in [1.29, 1.82) is 0 Å². The van der Waals surface area contributed by atoms with Gasteiger partial charge in [-0.15, -0.1) is 0 Å².